The fraction of sp³-hybridized carbons (Fsp3) is 0.160. The van der Waals surface area contributed by atoms with E-state index in [9.17, 15) is 23.5 Å². The number of carbonyl (C=O) groups excluding carboxylic acids is 1. The van der Waals surface area contributed by atoms with Gasteiger partial charge in [-0.25, -0.2) is 13.8 Å². The largest absolute Gasteiger partial charge is 0.508 e. The van der Waals surface area contributed by atoms with Crippen LogP contribution >= 0.6 is 0 Å². The number of phenols is 1. The number of ether oxygens (including phenoxy) is 1. The van der Waals surface area contributed by atoms with Gasteiger partial charge in [0, 0.05) is 13.0 Å². The van der Waals surface area contributed by atoms with Gasteiger partial charge in [0.15, 0.2) is 17.4 Å². The van der Waals surface area contributed by atoms with Crippen molar-refractivity contribution in [2.75, 3.05) is 6.61 Å². The number of rotatable bonds is 7. The van der Waals surface area contributed by atoms with Crippen LogP contribution in [0.25, 0.3) is 10.9 Å². The Balaban J connectivity index is 1.51. The normalized spacial score (nSPS) is 10.9. The number of nitrogens with zero attached hydrogens (tertiary/aromatic N) is 1. The zero-order valence-corrected chi connectivity index (χ0v) is 18.2. The molecule has 0 unspecified atom stereocenters. The van der Waals surface area contributed by atoms with Crippen LogP contribution in [0.5, 0.6) is 11.5 Å². The van der Waals surface area contributed by atoms with Gasteiger partial charge >= 0.3 is 0 Å². The van der Waals surface area contributed by atoms with Crippen LogP contribution < -0.4 is 15.6 Å². The van der Waals surface area contributed by atoms with E-state index in [4.69, 9.17) is 4.74 Å². The molecule has 0 fully saturated rings. The molecule has 0 aliphatic heterocycles. The zero-order valence-electron chi connectivity index (χ0n) is 18.2. The number of halogens is 2. The molecule has 1 amide bonds. The number of aromatic nitrogens is 2. The number of aromatic amines is 1. The first kappa shape index (κ1) is 22.9. The Hall–Kier alpha value is -4.27. The van der Waals surface area contributed by atoms with Crippen LogP contribution in [0, 0.1) is 18.6 Å². The number of aryl methyl sites for hydroxylation is 1. The van der Waals surface area contributed by atoms with Gasteiger partial charge in [-0.1, -0.05) is 24.3 Å². The molecule has 0 aliphatic rings. The quantitative estimate of drug-likeness (QED) is 0.386. The summed E-state index contributed by atoms with van der Waals surface area (Å²) in [4.78, 5) is 31.8. The lowest BCUT2D eigenvalue weighted by molar-refractivity contribution is 0.0940. The van der Waals surface area contributed by atoms with E-state index in [2.05, 4.69) is 15.3 Å². The average Bonchev–Trinajstić information content (AvgIpc) is 2.82. The highest BCUT2D eigenvalue weighted by molar-refractivity contribution is 5.93. The monoisotopic (exact) mass is 465 g/mol. The van der Waals surface area contributed by atoms with Gasteiger partial charge < -0.3 is 20.1 Å². The Morgan fingerprint density at radius 1 is 1.06 bits per heavy atom. The summed E-state index contributed by atoms with van der Waals surface area (Å²) in [5.41, 5.74) is 1.38. The molecule has 34 heavy (non-hydrogen) atoms. The third-order valence-electron chi connectivity index (χ3n) is 5.24. The minimum Gasteiger partial charge on any atom is -0.508 e. The van der Waals surface area contributed by atoms with E-state index in [-0.39, 0.29) is 47.2 Å². The Labute approximate surface area is 193 Å². The second-order valence-corrected chi connectivity index (χ2v) is 7.72. The molecule has 4 aromatic rings. The molecule has 0 radical (unpaired) electrons. The number of phenolic OH excluding ortho intramolecular Hbond substituents is 1. The number of benzene rings is 3. The summed E-state index contributed by atoms with van der Waals surface area (Å²) in [6.07, 6.45) is 0.421. The van der Waals surface area contributed by atoms with Crippen molar-refractivity contribution in [2.24, 2.45) is 0 Å². The minimum absolute atomic E-state index is 0.0829. The number of fused-ring (bicyclic) bond motifs is 1. The molecule has 3 N–H and O–H groups in total. The van der Waals surface area contributed by atoms with E-state index < -0.39 is 17.3 Å². The predicted molar refractivity (Wildman–Crippen MR) is 122 cm³/mol. The highest BCUT2D eigenvalue weighted by atomic mass is 19.1. The van der Waals surface area contributed by atoms with Gasteiger partial charge in [-0.3, -0.25) is 9.59 Å². The maximum absolute atomic E-state index is 14.5. The molecule has 1 heterocycles. The third-order valence-corrected chi connectivity index (χ3v) is 5.24. The van der Waals surface area contributed by atoms with Crippen LogP contribution in [0.1, 0.15) is 27.3 Å². The van der Waals surface area contributed by atoms with Gasteiger partial charge in [-0.05, 0) is 53.9 Å². The van der Waals surface area contributed by atoms with Gasteiger partial charge in [0.1, 0.15) is 17.0 Å². The number of aromatic hydroxyl groups is 1. The zero-order chi connectivity index (χ0) is 24.2. The molecular formula is C25H21F2N3O4. The van der Waals surface area contributed by atoms with Gasteiger partial charge in [0.05, 0.1) is 12.1 Å². The van der Waals surface area contributed by atoms with E-state index in [1.165, 1.54) is 24.3 Å². The van der Waals surface area contributed by atoms with Gasteiger partial charge in [-0.2, -0.15) is 0 Å². The van der Waals surface area contributed by atoms with Crippen molar-refractivity contribution in [2.45, 2.75) is 19.9 Å². The summed E-state index contributed by atoms with van der Waals surface area (Å²) >= 11 is 0. The summed E-state index contributed by atoms with van der Waals surface area (Å²) in [5.74, 6) is -2.06. The summed E-state index contributed by atoms with van der Waals surface area (Å²) in [7, 11) is 0. The SMILES string of the molecule is Cc1cc(CNC(=O)c2nc3ccc(F)c(OCCc4ccc(O)cc4)c3c(=O)[nH]2)ccc1F. The minimum atomic E-state index is -0.727. The third kappa shape index (κ3) is 5.03. The predicted octanol–water partition coefficient (Wildman–Crippen LogP) is 3.77. The summed E-state index contributed by atoms with van der Waals surface area (Å²) in [6, 6.07) is 13.4. The van der Waals surface area contributed by atoms with Crippen LogP contribution in [-0.4, -0.2) is 27.6 Å². The highest BCUT2D eigenvalue weighted by Gasteiger charge is 2.17. The number of nitrogens with one attached hydrogen (secondary N) is 2. The lowest BCUT2D eigenvalue weighted by Crippen LogP contribution is -2.27. The Morgan fingerprint density at radius 2 is 1.76 bits per heavy atom. The molecule has 0 saturated carbocycles. The van der Waals surface area contributed by atoms with E-state index in [1.54, 1.807) is 31.2 Å². The summed E-state index contributed by atoms with van der Waals surface area (Å²) in [5, 5.41) is 11.9. The molecule has 9 heteroatoms. The van der Waals surface area contributed by atoms with Crippen LogP contribution in [0.2, 0.25) is 0 Å². The fourth-order valence-electron chi connectivity index (χ4n) is 3.44. The van der Waals surface area contributed by atoms with Gasteiger partial charge in [0.25, 0.3) is 11.5 Å². The molecular weight excluding hydrogens is 444 g/mol. The first-order valence-electron chi connectivity index (χ1n) is 10.5. The van der Waals surface area contributed by atoms with E-state index >= 15 is 0 Å². The van der Waals surface area contributed by atoms with Crippen LogP contribution in [-0.2, 0) is 13.0 Å². The number of carbonyl (C=O) groups is 1. The van der Waals surface area contributed by atoms with Crippen LogP contribution in [0.15, 0.2) is 59.4 Å². The lowest BCUT2D eigenvalue weighted by atomic mass is 10.1. The molecule has 174 valence electrons. The first-order valence-corrected chi connectivity index (χ1v) is 10.5. The van der Waals surface area contributed by atoms with Crippen molar-refractivity contribution in [3.8, 4) is 11.5 Å². The second-order valence-electron chi connectivity index (χ2n) is 7.72. The number of H-pyrrole nitrogens is 1. The number of hydrogen-bond donors (Lipinski definition) is 3. The second kappa shape index (κ2) is 9.70. The summed E-state index contributed by atoms with van der Waals surface area (Å²) < 4.78 is 33.4. The van der Waals surface area contributed by atoms with Crippen molar-refractivity contribution < 1.29 is 23.4 Å². The number of hydrogen-bond acceptors (Lipinski definition) is 5. The summed E-state index contributed by atoms with van der Waals surface area (Å²) in [6.45, 7) is 1.81. The van der Waals surface area contributed by atoms with Crippen molar-refractivity contribution in [3.05, 3.63) is 99.1 Å². The average molecular weight is 465 g/mol. The molecule has 0 bridgehead atoms. The Bertz CT molecular complexity index is 1420. The van der Waals surface area contributed by atoms with Crippen molar-refractivity contribution in [3.63, 3.8) is 0 Å². The van der Waals surface area contributed by atoms with Crippen molar-refractivity contribution in [1.82, 2.24) is 15.3 Å². The fourth-order valence-corrected chi connectivity index (χ4v) is 3.44. The Morgan fingerprint density at radius 3 is 2.50 bits per heavy atom. The van der Waals surface area contributed by atoms with Gasteiger partial charge in [0.2, 0.25) is 0 Å². The molecule has 0 saturated heterocycles. The molecule has 1 aromatic heterocycles. The number of amides is 1. The Kier molecular flexibility index (Phi) is 6.53. The van der Waals surface area contributed by atoms with Crippen LogP contribution in [0.3, 0.4) is 0 Å². The lowest BCUT2D eigenvalue weighted by Gasteiger charge is -2.11. The molecule has 0 aliphatic carbocycles. The van der Waals surface area contributed by atoms with Crippen molar-refractivity contribution in [1.29, 1.82) is 0 Å². The molecule has 7 nitrogen and oxygen atoms in total. The topological polar surface area (TPSA) is 104 Å². The van der Waals surface area contributed by atoms with Gasteiger partial charge in [-0.15, -0.1) is 0 Å². The maximum atomic E-state index is 14.5. The molecule has 0 spiro atoms. The van der Waals surface area contributed by atoms with E-state index in [0.29, 0.717) is 17.5 Å². The molecule has 0 atom stereocenters. The van der Waals surface area contributed by atoms with Crippen molar-refractivity contribution >= 4 is 16.8 Å². The maximum Gasteiger partial charge on any atom is 0.287 e. The molecule has 4 rings (SSSR count). The van der Waals surface area contributed by atoms with Crippen LogP contribution in [0.4, 0.5) is 8.78 Å². The van der Waals surface area contributed by atoms with E-state index in [1.807, 2.05) is 0 Å². The smallest absolute Gasteiger partial charge is 0.287 e. The van der Waals surface area contributed by atoms with E-state index in [0.717, 1.165) is 11.6 Å². The molecule has 3 aromatic carbocycles. The standard InChI is InChI=1S/C25H21F2N3O4/c1-14-12-16(4-7-18(14)26)13-28-25(33)23-29-20-9-8-19(27)22(21(20)24(32)30-23)34-11-10-15-2-5-17(31)6-3-15/h2-9,12,31H,10-11,13H2,1H3,(H,28,33)(H,29,30,32). The first-order chi connectivity index (χ1) is 16.3. The highest BCUT2D eigenvalue weighted by Crippen LogP contribution is 2.25.